The Kier molecular flexibility index (Phi) is 5.60. The van der Waals surface area contributed by atoms with Crippen LogP contribution < -0.4 is 10.1 Å². The van der Waals surface area contributed by atoms with Crippen molar-refractivity contribution in [2.75, 3.05) is 13.2 Å². The Morgan fingerprint density at radius 2 is 1.86 bits per heavy atom. The summed E-state index contributed by atoms with van der Waals surface area (Å²) >= 11 is 5.79. The number of carbonyl (C=O) groups excluding carboxylic acids is 1. The van der Waals surface area contributed by atoms with Gasteiger partial charge < -0.3 is 15.2 Å². The van der Waals surface area contributed by atoms with E-state index in [1.165, 1.54) is 0 Å². The van der Waals surface area contributed by atoms with Crippen LogP contribution in [0.15, 0.2) is 48.5 Å². The normalized spacial score (nSPS) is 10.2. The first-order valence-electron chi connectivity index (χ1n) is 6.56. The Labute approximate surface area is 128 Å². The van der Waals surface area contributed by atoms with Gasteiger partial charge >= 0.3 is 0 Å². The van der Waals surface area contributed by atoms with Crippen molar-refractivity contribution in [3.05, 3.63) is 64.7 Å². The van der Waals surface area contributed by atoms with E-state index in [0.717, 1.165) is 5.56 Å². The molecule has 21 heavy (non-hydrogen) atoms. The van der Waals surface area contributed by atoms with Gasteiger partial charge in [-0.3, -0.25) is 4.79 Å². The number of halogens is 1. The Bertz CT molecular complexity index is 599. The van der Waals surface area contributed by atoms with E-state index >= 15 is 0 Å². The first kappa shape index (κ1) is 15.4. The van der Waals surface area contributed by atoms with Crippen molar-refractivity contribution < 1.29 is 14.6 Å². The number of benzene rings is 2. The van der Waals surface area contributed by atoms with Crippen LogP contribution in [0, 0.1) is 0 Å². The lowest BCUT2D eigenvalue weighted by Gasteiger charge is -2.11. The summed E-state index contributed by atoms with van der Waals surface area (Å²) in [7, 11) is 0. The van der Waals surface area contributed by atoms with Gasteiger partial charge in [-0.05, 0) is 30.3 Å². The third-order valence-corrected chi connectivity index (χ3v) is 3.12. The number of ether oxygens (including phenoxy) is 1. The van der Waals surface area contributed by atoms with E-state index in [2.05, 4.69) is 5.32 Å². The number of aliphatic hydroxyl groups excluding tert-OH is 1. The van der Waals surface area contributed by atoms with E-state index in [0.29, 0.717) is 22.9 Å². The number of para-hydroxylation sites is 1. The predicted octanol–water partition coefficient (Wildman–Crippen LogP) is 2.64. The number of hydrogen-bond donors (Lipinski definition) is 2. The smallest absolute Gasteiger partial charge is 0.251 e. The highest BCUT2D eigenvalue weighted by Gasteiger charge is 2.07. The zero-order chi connectivity index (χ0) is 15.1. The van der Waals surface area contributed by atoms with Crippen molar-refractivity contribution in [1.82, 2.24) is 5.32 Å². The van der Waals surface area contributed by atoms with Crippen molar-refractivity contribution in [3.8, 4) is 5.75 Å². The first-order valence-corrected chi connectivity index (χ1v) is 6.94. The summed E-state index contributed by atoms with van der Waals surface area (Å²) in [6.45, 7) is 0.524. The van der Waals surface area contributed by atoms with Crippen LogP contribution in [0.4, 0.5) is 0 Å². The van der Waals surface area contributed by atoms with Gasteiger partial charge in [0.25, 0.3) is 5.91 Å². The summed E-state index contributed by atoms with van der Waals surface area (Å²) in [5.74, 6) is 0.478. The minimum atomic E-state index is -0.177. The number of carbonyl (C=O) groups is 1. The molecule has 0 saturated heterocycles. The van der Waals surface area contributed by atoms with Gasteiger partial charge in [-0.1, -0.05) is 29.8 Å². The fourth-order valence-corrected chi connectivity index (χ4v) is 1.95. The summed E-state index contributed by atoms with van der Waals surface area (Å²) in [5, 5.41) is 12.2. The van der Waals surface area contributed by atoms with E-state index in [9.17, 15) is 4.79 Å². The van der Waals surface area contributed by atoms with Crippen molar-refractivity contribution >= 4 is 17.5 Å². The van der Waals surface area contributed by atoms with E-state index in [-0.39, 0.29) is 19.1 Å². The highest BCUT2D eigenvalue weighted by molar-refractivity contribution is 6.30. The van der Waals surface area contributed by atoms with Gasteiger partial charge in [-0.2, -0.15) is 0 Å². The van der Waals surface area contributed by atoms with Crippen LogP contribution >= 0.6 is 11.6 Å². The Balaban J connectivity index is 1.99. The molecule has 0 aromatic heterocycles. The molecule has 0 atom stereocenters. The predicted molar refractivity (Wildman–Crippen MR) is 81.6 cm³/mol. The summed E-state index contributed by atoms with van der Waals surface area (Å²) in [5.41, 5.74) is 1.40. The molecular formula is C16H16ClNO3. The lowest BCUT2D eigenvalue weighted by Crippen LogP contribution is -2.23. The monoisotopic (exact) mass is 305 g/mol. The molecule has 4 nitrogen and oxygen atoms in total. The van der Waals surface area contributed by atoms with Gasteiger partial charge in [0.15, 0.2) is 0 Å². The van der Waals surface area contributed by atoms with E-state index < -0.39 is 0 Å². The molecule has 2 N–H and O–H groups in total. The molecule has 0 spiro atoms. The van der Waals surface area contributed by atoms with Crippen molar-refractivity contribution in [1.29, 1.82) is 0 Å². The molecule has 0 saturated carbocycles. The quantitative estimate of drug-likeness (QED) is 0.862. The highest BCUT2D eigenvalue weighted by atomic mass is 35.5. The van der Waals surface area contributed by atoms with Crippen LogP contribution in [0.3, 0.4) is 0 Å². The van der Waals surface area contributed by atoms with E-state index in [1.807, 2.05) is 18.2 Å². The number of nitrogens with one attached hydrogen (secondary N) is 1. The fraction of sp³-hybridized carbons (Fsp3) is 0.188. The number of aliphatic hydroxyl groups is 1. The van der Waals surface area contributed by atoms with Crippen LogP contribution in [-0.4, -0.2) is 24.2 Å². The minimum Gasteiger partial charge on any atom is -0.491 e. The van der Waals surface area contributed by atoms with E-state index in [4.69, 9.17) is 21.4 Å². The number of amides is 1. The maximum atomic E-state index is 12.0. The van der Waals surface area contributed by atoms with Crippen LogP contribution in [0.25, 0.3) is 0 Å². The zero-order valence-electron chi connectivity index (χ0n) is 11.4. The molecular weight excluding hydrogens is 290 g/mol. The number of rotatable bonds is 6. The molecule has 0 aliphatic heterocycles. The summed E-state index contributed by atoms with van der Waals surface area (Å²) in [6, 6.07) is 14.1. The van der Waals surface area contributed by atoms with Gasteiger partial charge in [0.1, 0.15) is 12.4 Å². The summed E-state index contributed by atoms with van der Waals surface area (Å²) in [4.78, 5) is 12.0. The van der Waals surface area contributed by atoms with Gasteiger partial charge in [0.05, 0.1) is 6.61 Å². The van der Waals surface area contributed by atoms with Crippen molar-refractivity contribution in [2.45, 2.75) is 6.54 Å². The Hall–Kier alpha value is -2.04. The molecule has 2 rings (SSSR count). The Morgan fingerprint density at radius 3 is 2.57 bits per heavy atom. The third-order valence-electron chi connectivity index (χ3n) is 2.87. The second kappa shape index (κ2) is 7.67. The summed E-state index contributed by atoms with van der Waals surface area (Å²) < 4.78 is 5.42. The largest absolute Gasteiger partial charge is 0.491 e. The zero-order valence-corrected chi connectivity index (χ0v) is 12.1. The lowest BCUT2D eigenvalue weighted by atomic mass is 10.1. The van der Waals surface area contributed by atoms with Crippen molar-refractivity contribution in [2.24, 2.45) is 0 Å². The number of hydrogen-bond acceptors (Lipinski definition) is 3. The second-order valence-electron chi connectivity index (χ2n) is 4.37. The molecule has 0 bridgehead atoms. The minimum absolute atomic E-state index is 0.0501. The molecule has 2 aromatic carbocycles. The highest BCUT2D eigenvalue weighted by Crippen LogP contribution is 2.18. The molecule has 5 heteroatoms. The van der Waals surface area contributed by atoms with Crippen LogP contribution in [0.2, 0.25) is 5.02 Å². The molecule has 110 valence electrons. The average Bonchev–Trinajstić information content (AvgIpc) is 2.52. The Morgan fingerprint density at radius 1 is 1.14 bits per heavy atom. The first-order chi connectivity index (χ1) is 10.2. The maximum absolute atomic E-state index is 12.0. The van der Waals surface area contributed by atoms with Crippen LogP contribution in [0.1, 0.15) is 15.9 Å². The molecule has 0 aliphatic rings. The van der Waals surface area contributed by atoms with Gasteiger partial charge in [0.2, 0.25) is 0 Å². The SMILES string of the molecule is O=C(NCc1ccccc1OCCO)c1ccc(Cl)cc1. The molecule has 0 aliphatic carbocycles. The molecule has 0 radical (unpaired) electrons. The molecule has 0 unspecified atom stereocenters. The molecule has 0 fully saturated rings. The van der Waals surface area contributed by atoms with Crippen molar-refractivity contribution in [3.63, 3.8) is 0 Å². The van der Waals surface area contributed by atoms with E-state index in [1.54, 1.807) is 30.3 Å². The maximum Gasteiger partial charge on any atom is 0.251 e. The van der Waals surface area contributed by atoms with Gasteiger partial charge in [-0.25, -0.2) is 0 Å². The van der Waals surface area contributed by atoms with Gasteiger partial charge in [0, 0.05) is 22.7 Å². The molecule has 0 heterocycles. The fourth-order valence-electron chi connectivity index (χ4n) is 1.83. The summed E-state index contributed by atoms with van der Waals surface area (Å²) in [6.07, 6.45) is 0. The van der Waals surface area contributed by atoms with Crippen LogP contribution in [-0.2, 0) is 6.54 Å². The third kappa shape index (κ3) is 4.48. The lowest BCUT2D eigenvalue weighted by molar-refractivity contribution is 0.0950. The topological polar surface area (TPSA) is 58.6 Å². The second-order valence-corrected chi connectivity index (χ2v) is 4.81. The molecule has 1 amide bonds. The van der Waals surface area contributed by atoms with Crippen LogP contribution in [0.5, 0.6) is 5.75 Å². The average molecular weight is 306 g/mol. The standard InChI is InChI=1S/C16H16ClNO3/c17-14-7-5-12(6-8-14)16(20)18-11-13-3-1-2-4-15(13)21-10-9-19/h1-8,19H,9-11H2,(H,18,20). The van der Waals surface area contributed by atoms with Gasteiger partial charge in [-0.15, -0.1) is 0 Å². The molecule has 2 aromatic rings.